The third kappa shape index (κ3) is 3.43. The highest BCUT2D eigenvalue weighted by Gasteiger charge is 2.02. The van der Waals surface area contributed by atoms with Crippen molar-refractivity contribution in [1.82, 2.24) is 9.97 Å². The van der Waals surface area contributed by atoms with Crippen LogP contribution >= 0.6 is 11.3 Å². The van der Waals surface area contributed by atoms with Gasteiger partial charge in [-0.1, -0.05) is 36.4 Å². The molecule has 0 amide bonds. The fourth-order valence-corrected chi connectivity index (χ4v) is 2.37. The summed E-state index contributed by atoms with van der Waals surface area (Å²) in [5.41, 5.74) is 4.01. The molecule has 2 aromatic heterocycles. The molecule has 0 radical (unpaired) electrons. The Kier molecular flexibility index (Phi) is 3.88. The number of hydrogen-bond donors (Lipinski definition) is 2. The van der Waals surface area contributed by atoms with Crippen LogP contribution in [0.15, 0.2) is 63.8 Å². The molecule has 0 aliphatic rings. The molecule has 0 spiro atoms. The number of thiophene rings is 1. The van der Waals surface area contributed by atoms with Crippen molar-refractivity contribution < 1.29 is 0 Å². The van der Waals surface area contributed by atoms with E-state index in [-0.39, 0.29) is 5.56 Å². The molecule has 0 bridgehead atoms. The molecule has 5 nitrogen and oxygen atoms in total. The molecule has 0 unspecified atom stereocenters. The second-order valence-electron chi connectivity index (χ2n) is 4.23. The van der Waals surface area contributed by atoms with Gasteiger partial charge in [-0.2, -0.15) is 5.10 Å². The summed E-state index contributed by atoms with van der Waals surface area (Å²) < 4.78 is 0. The Morgan fingerprint density at radius 2 is 2.05 bits per heavy atom. The fourth-order valence-electron chi connectivity index (χ4n) is 1.79. The third-order valence-electron chi connectivity index (χ3n) is 2.72. The topological polar surface area (TPSA) is 70.1 Å². The van der Waals surface area contributed by atoms with E-state index >= 15 is 0 Å². The smallest absolute Gasteiger partial charge is 0.252 e. The van der Waals surface area contributed by atoms with Crippen molar-refractivity contribution in [2.24, 2.45) is 5.10 Å². The van der Waals surface area contributed by atoms with Gasteiger partial charge in [-0.3, -0.25) is 9.78 Å². The minimum atomic E-state index is -0.224. The number of nitrogens with zero attached hydrogens (tertiary/aromatic N) is 2. The number of benzene rings is 1. The van der Waals surface area contributed by atoms with Gasteiger partial charge >= 0.3 is 0 Å². The quantitative estimate of drug-likeness (QED) is 0.574. The average molecular weight is 296 g/mol. The Morgan fingerprint density at radius 1 is 1.19 bits per heavy atom. The summed E-state index contributed by atoms with van der Waals surface area (Å²) in [6, 6.07) is 14.9. The molecule has 2 N–H and O–H groups in total. The van der Waals surface area contributed by atoms with E-state index in [2.05, 4.69) is 20.5 Å². The van der Waals surface area contributed by atoms with E-state index in [1.165, 1.54) is 6.07 Å². The maximum atomic E-state index is 11.7. The first-order valence-electron chi connectivity index (χ1n) is 6.31. The van der Waals surface area contributed by atoms with Gasteiger partial charge in [0.1, 0.15) is 0 Å². The van der Waals surface area contributed by atoms with Crippen LogP contribution in [0.3, 0.4) is 0 Å². The molecule has 3 aromatic rings. The molecule has 21 heavy (non-hydrogen) atoms. The van der Waals surface area contributed by atoms with Gasteiger partial charge in [0.25, 0.3) is 5.56 Å². The molecule has 0 fully saturated rings. The molecular formula is C15H12N4OS. The summed E-state index contributed by atoms with van der Waals surface area (Å²) in [5.74, 6) is 0.314. The predicted molar refractivity (Wildman–Crippen MR) is 85.8 cm³/mol. The second kappa shape index (κ2) is 6.15. The Labute approximate surface area is 125 Å². The summed E-state index contributed by atoms with van der Waals surface area (Å²) in [6.45, 7) is 0. The molecule has 0 saturated carbocycles. The lowest BCUT2D eigenvalue weighted by Crippen LogP contribution is -2.10. The zero-order chi connectivity index (χ0) is 14.5. The molecule has 0 aliphatic carbocycles. The van der Waals surface area contributed by atoms with Gasteiger partial charge in [0.15, 0.2) is 0 Å². The first-order valence-corrected chi connectivity index (χ1v) is 7.18. The monoisotopic (exact) mass is 296 g/mol. The standard InChI is InChI=1S/C15H12N4OS/c20-14-9-13(11-5-2-1-3-6-11)17-15(18-14)19-16-10-12-7-4-8-21-12/h1-10H,(H2,17,18,19,20)/b16-10-. The maximum Gasteiger partial charge on any atom is 0.252 e. The highest BCUT2D eigenvalue weighted by molar-refractivity contribution is 7.11. The Morgan fingerprint density at radius 3 is 2.81 bits per heavy atom. The molecule has 6 heteroatoms. The van der Waals surface area contributed by atoms with Crippen molar-refractivity contribution in [2.45, 2.75) is 0 Å². The highest BCUT2D eigenvalue weighted by atomic mass is 32.1. The van der Waals surface area contributed by atoms with Gasteiger partial charge < -0.3 is 0 Å². The minimum absolute atomic E-state index is 0.224. The number of aromatic nitrogens is 2. The lowest BCUT2D eigenvalue weighted by molar-refractivity contribution is 1.09. The second-order valence-corrected chi connectivity index (χ2v) is 5.21. The van der Waals surface area contributed by atoms with Gasteiger partial charge in [-0.25, -0.2) is 10.4 Å². The number of nitrogens with one attached hydrogen (secondary N) is 2. The summed E-state index contributed by atoms with van der Waals surface area (Å²) >= 11 is 1.58. The molecule has 3 rings (SSSR count). The summed E-state index contributed by atoms with van der Waals surface area (Å²) in [4.78, 5) is 19.7. The number of anilines is 1. The van der Waals surface area contributed by atoms with Crippen molar-refractivity contribution in [3.05, 3.63) is 69.1 Å². The van der Waals surface area contributed by atoms with E-state index in [9.17, 15) is 4.79 Å². The van der Waals surface area contributed by atoms with Gasteiger partial charge in [0.2, 0.25) is 5.95 Å². The molecular weight excluding hydrogens is 284 g/mol. The van der Waals surface area contributed by atoms with Crippen LogP contribution in [-0.2, 0) is 0 Å². The zero-order valence-electron chi connectivity index (χ0n) is 11.0. The van der Waals surface area contributed by atoms with E-state index in [0.29, 0.717) is 11.6 Å². The first-order chi connectivity index (χ1) is 10.3. The normalized spacial score (nSPS) is 10.9. The number of hydrogen-bond acceptors (Lipinski definition) is 5. The van der Waals surface area contributed by atoms with Crippen molar-refractivity contribution in [2.75, 3.05) is 5.43 Å². The van der Waals surface area contributed by atoms with Crippen LogP contribution in [0.2, 0.25) is 0 Å². The largest absolute Gasteiger partial charge is 0.291 e. The van der Waals surface area contributed by atoms with Crippen LogP contribution in [-0.4, -0.2) is 16.2 Å². The van der Waals surface area contributed by atoms with Crippen molar-refractivity contribution in [3.63, 3.8) is 0 Å². The average Bonchev–Trinajstić information content (AvgIpc) is 3.01. The van der Waals surface area contributed by atoms with E-state index < -0.39 is 0 Å². The van der Waals surface area contributed by atoms with Crippen LogP contribution in [0.25, 0.3) is 11.3 Å². The van der Waals surface area contributed by atoms with E-state index in [0.717, 1.165) is 10.4 Å². The van der Waals surface area contributed by atoms with E-state index in [1.54, 1.807) is 17.6 Å². The third-order valence-corrected chi connectivity index (χ3v) is 3.52. The van der Waals surface area contributed by atoms with Crippen LogP contribution < -0.4 is 11.0 Å². The molecule has 0 aliphatic heterocycles. The van der Waals surface area contributed by atoms with Crippen molar-refractivity contribution >= 4 is 23.5 Å². The molecule has 0 atom stereocenters. The van der Waals surface area contributed by atoms with Crippen LogP contribution in [0.1, 0.15) is 4.88 Å². The summed E-state index contributed by atoms with van der Waals surface area (Å²) in [5, 5.41) is 6.03. The van der Waals surface area contributed by atoms with Crippen molar-refractivity contribution in [3.8, 4) is 11.3 Å². The number of aromatic amines is 1. The summed E-state index contributed by atoms with van der Waals surface area (Å²) in [7, 11) is 0. The highest BCUT2D eigenvalue weighted by Crippen LogP contribution is 2.15. The fraction of sp³-hybridized carbons (Fsp3) is 0. The molecule has 1 aromatic carbocycles. The van der Waals surface area contributed by atoms with Gasteiger partial charge in [-0.15, -0.1) is 11.3 Å². The lowest BCUT2D eigenvalue weighted by Gasteiger charge is -2.03. The molecule has 2 heterocycles. The van der Waals surface area contributed by atoms with Crippen LogP contribution in [0, 0.1) is 0 Å². The molecule has 0 saturated heterocycles. The summed E-state index contributed by atoms with van der Waals surface area (Å²) in [6.07, 6.45) is 1.68. The number of H-pyrrole nitrogens is 1. The van der Waals surface area contributed by atoms with E-state index in [1.807, 2.05) is 47.8 Å². The predicted octanol–water partition coefficient (Wildman–Crippen LogP) is 2.94. The first kappa shape index (κ1) is 13.3. The van der Waals surface area contributed by atoms with Gasteiger partial charge in [0.05, 0.1) is 11.9 Å². The van der Waals surface area contributed by atoms with Crippen LogP contribution in [0.4, 0.5) is 5.95 Å². The minimum Gasteiger partial charge on any atom is -0.291 e. The Hall–Kier alpha value is -2.73. The molecule has 104 valence electrons. The number of rotatable bonds is 4. The zero-order valence-corrected chi connectivity index (χ0v) is 11.8. The van der Waals surface area contributed by atoms with Gasteiger partial charge in [-0.05, 0) is 11.4 Å². The van der Waals surface area contributed by atoms with Crippen molar-refractivity contribution in [1.29, 1.82) is 0 Å². The maximum absolute atomic E-state index is 11.7. The van der Waals surface area contributed by atoms with Gasteiger partial charge in [0, 0.05) is 16.5 Å². The lowest BCUT2D eigenvalue weighted by atomic mass is 10.1. The van der Waals surface area contributed by atoms with Crippen LogP contribution in [0.5, 0.6) is 0 Å². The Bertz CT molecular complexity index is 794. The SMILES string of the molecule is O=c1cc(-c2ccccc2)nc(N/N=C\c2cccs2)[nH]1. The number of hydrazone groups is 1. The Balaban J connectivity index is 1.83. The van der Waals surface area contributed by atoms with E-state index in [4.69, 9.17) is 0 Å².